The molecule has 0 aliphatic carbocycles. The molecule has 21 heavy (non-hydrogen) atoms. The molecule has 1 saturated heterocycles. The van der Waals surface area contributed by atoms with Gasteiger partial charge in [-0.2, -0.15) is 0 Å². The smallest absolute Gasteiger partial charge is 0.191 e. The third-order valence-corrected chi connectivity index (χ3v) is 3.73. The summed E-state index contributed by atoms with van der Waals surface area (Å²) in [5, 5.41) is 6.74. The number of aliphatic imine (C=N–C) groups is 1. The first kappa shape index (κ1) is 18.2. The summed E-state index contributed by atoms with van der Waals surface area (Å²) in [5.74, 6) is 0.896. The van der Waals surface area contributed by atoms with Crippen LogP contribution in [0, 0.1) is 0 Å². The van der Waals surface area contributed by atoms with Gasteiger partial charge in [0.2, 0.25) is 0 Å². The second kappa shape index (κ2) is 11.8. The average Bonchev–Trinajstić information content (AvgIpc) is 2.52. The van der Waals surface area contributed by atoms with E-state index in [1.54, 1.807) is 0 Å². The van der Waals surface area contributed by atoms with Crippen molar-refractivity contribution >= 4 is 5.96 Å². The van der Waals surface area contributed by atoms with Crippen molar-refractivity contribution in [3.8, 4) is 0 Å². The lowest BCUT2D eigenvalue weighted by molar-refractivity contribution is 0.0389. The first-order chi connectivity index (χ1) is 10.3. The molecular formula is C15H33N5O. The van der Waals surface area contributed by atoms with Crippen LogP contribution < -0.4 is 10.6 Å². The van der Waals surface area contributed by atoms with E-state index in [4.69, 9.17) is 4.74 Å². The van der Waals surface area contributed by atoms with Crippen LogP contribution in [-0.2, 0) is 4.74 Å². The summed E-state index contributed by atoms with van der Waals surface area (Å²) in [6.45, 7) is 11.1. The highest BCUT2D eigenvalue weighted by molar-refractivity contribution is 5.79. The molecule has 0 atom stereocenters. The highest BCUT2D eigenvalue weighted by atomic mass is 16.5. The van der Waals surface area contributed by atoms with Gasteiger partial charge >= 0.3 is 0 Å². The number of hydrogen-bond acceptors (Lipinski definition) is 4. The van der Waals surface area contributed by atoms with Gasteiger partial charge in [-0.15, -0.1) is 0 Å². The van der Waals surface area contributed by atoms with Gasteiger partial charge in [0.05, 0.1) is 13.2 Å². The number of hydrogen-bond donors (Lipinski definition) is 2. The van der Waals surface area contributed by atoms with E-state index >= 15 is 0 Å². The molecule has 0 bridgehead atoms. The van der Waals surface area contributed by atoms with Crippen molar-refractivity contribution in [2.24, 2.45) is 4.99 Å². The van der Waals surface area contributed by atoms with Crippen molar-refractivity contribution in [1.29, 1.82) is 0 Å². The monoisotopic (exact) mass is 299 g/mol. The van der Waals surface area contributed by atoms with E-state index in [9.17, 15) is 0 Å². The Labute approximate surface area is 129 Å². The summed E-state index contributed by atoms with van der Waals surface area (Å²) in [6, 6.07) is 0. The van der Waals surface area contributed by atoms with Crippen LogP contribution in [0.25, 0.3) is 0 Å². The molecule has 0 spiro atoms. The van der Waals surface area contributed by atoms with Gasteiger partial charge in [0.15, 0.2) is 5.96 Å². The normalized spacial score (nSPS) is 17.2. The zero-order valence-electron chi connectivity index (χ0n) is 14.0. The van der Waals surface area contributed by atoms with Gasteiger partial charge in [-0.1, -0.05) is 13.3 Å². The Morgan fingerprint density at radius 1 is 1.19 bits per heavy atom. The van der Waals surface area contributed by atoms with E-state index in [0.29, 0.717) is 0 Å². The fraction of sp³-hybridized carbons (Fsp3) is 0.933. The minimum atomic E-state index is 0.858. The number of nitrogens with zero attached hydrogens (tertiary/aromatic N) is 3. The van der Waals surface area contributed by atoms with Crippen molar-refractivity contribution in [2.75, 3.05) is 73.1 Å². The molecule has 124 valence electrons. The van der Waals surface area contributed by atoms with Crippen LogP contribution in [0.3, 0.4) is 0 Å². The van der Waals surface area contributed by atoms with E-state index in [-0.39, 0.29) is 0 Å². The highest BCUT2D eigenvalue weighted by Gasteiger charge is 2.09. The Bertz CT molecular complexity index is 279. The van der Waals surface area contributed by atoms with Gasteiger partial charge in [-0.05, 0) is 20.0 Å². The number of morpholine rings is 1. The Morgan fingerprint density at radius 3 is 2.57 bits per heavy atom. The molecule has 1 rings (SSSR count). The molecule has 0 unspecified atom stereocenters. The molecule has 1 aliphatic heterocycles. The minimum Gasteiger partial charge on any atom is -0.379 e. The molecular weight excluding hydrogens is 266 g/mol. The first-order valence-corrected chi connectivity index (χ1v) is 8.19. The summed E-state index contributed by atoms with van der Waals surface area (Å²) < 4.78 is 5.35. The Balaban J connectivity index is 2.05. The number of guanidine groups is 1. The molecule has 2 N–H and O–H groups in total. The van der Waals surface area contributed by atoms with Crippen molar-refractivity contribution in [2.45, 2.75) is 19.8 Å². The molecule has 6 nitrogen and oxygen atoms in total. The van der Waals surface area contributed by atoms with Crippen LogP contribution in [0.1, 0.15) is 19.8 Å². The third-order valence-electron chi connectivity index (χ3n) is 3.73. The quantitative estimate of drug-likeness (QED) is 0.471. The van der Waals surface area contributed by atoms with Gasteiger partial charge in [0.25, 0.3) is 0 Å². The largest absolute Gasteiger partial charge is 0.379 e. The number of unbranched alkanes of at least 4 members (excludes halogenated alkanes) is 1. The lowest BCUT2D eigenvalue weighted by Crippen LogP contribution is -2.45. The van der Waals surface area contributed by atoms with E-state index in [1.165, 1.54) is 19.4 Å². The molecule has 0 amide bonds. The number of rotatable bonds is 9. The molecule has 1 aliphatic rings. The molecule has 1 fully saturated rings. The predicted octanol–water partition coefficient (Wildman–Crippen LogP) is 0.216. The SMILES string of the molecule is CCCCN(C)CCNC(=NC)NCCN1CCOCC1. The molecule has 0 radical (unpaired) electrons. The fourth-order valence-corrected chi connectivity index (χ4v) is 2.28. The van der Waals surface area contributed by atoms with E-state index in [2.05, 4.69) is 39.4 Å². The second-order valence-corrected chi connectivity index (χ2v) is 5.54. The van der Waals surface area contributed by atoms with Gasteiger partial charge in [0, 0.05) is 46.3 Å². The maximum Gasteiger partial charge on any atom is 0.191 e. The zero-order chi connectivity index (χ0) is 15.3. The average molecular weight is 299 g/mol. The summed E-state index contributed by atoms with van der Waals surface area (Å²) in [7, 11) is 4.00. The third kappa shape index (κ3) is 8.90. The van der Waals surface area contributed by atoms with Crippen LogP contribution >= 0.6 is 0 Å². The molecule has 6 heteroatoms. The van der Waals surface area contributed by atoms with Crippen molar-refractivity contribution in [3.63, 3.8) is 0 Å². The first-order valence-electron chi connectivity index (χ1n) is 8.19. The standard InChI is InChI=1S/C15H33N5O/c1-4-5-8-19(3)9-6-17-15(16-2)18-7-10-20-11-13-21-14-12-20/h4-14H2,1-3H3,(H2,16,17,18). The molecule has 1 heterocycles. The second-order valence-electron chi connectivity index (χ2n) is 5.54. The summed E-state index contributed by atoms with van der Waals surface area (Å²) in [6.07, 6.45) is 2.52. The van der Waals surface area contributed by atoms with Gasteiger partial charge < -0.3 is 20.3 Å². The van der Waals surface area contributed by atoms with Crippen molar-refractivity contribution < 1.29 is 4.74 Å². The molecule has 0 aromatic rings. The number of ether oxygens (including phenoxy) is 1. The van der Waals surface area contributed by atoms with Crippen molar-refractivity contribution in [3.05, 3.63) is 0 Å². The topological polar surface area (TPSA) is 52.1 Å². The summed E-state index contributed by atoms with van der Waals surface area (Å²) >= 11 is 0. The predicted molar refractivity (Wildman–Crippen MR) is 89.0 cm³/mol. The lowest BCUT2D eigenvalue weighted by Gasteiger charge is -2.26. The van der Waals surface area contributed by atoms with Crippen LogP contribution in [0.5, 0.6) is 0 Å². The Morgan fingerprint density at radius 2 is 1.90 bits per heavy atom. The van der Waals surface area contributed by atoms with Crippen LogP contribution in [0.15, 0.2) is 4.99 Å². The number of nitrogens with one attached hydrogen (secondary N) is 2. The zero-order valence-corrected chi connectivity index (χ0v) is 14.0. The van der Waals surface area contributed by atoms with Gasteiger partial charge in [-0.25, -0.2) is 0 Å². The molecule has 0 aromatic heterocycles. The lowest BCUT2D eigenvalue weighted by atomic mass is 10.3. The van der Waals surface area contributed by atoms with Crippen LogP contribution in [0.2, 0.25) is 0 Å². The van der Waals surface area contributed by atoms with Gasteiger partial charge in [0.1, 0.15) is 0 Å². The van der Waals surface area contributed by atoms with E-state index in [0.717, 1.165) is 58.4 Å². The maximum atomic E-state index is 5.35. The van der Waals surface area contributed by atoms with Crippen molar-refractivity contribution in [1.82, 2.24) is 20.4 Å². The molecule has 0 aromatic carbocycles. The van der Waals surface area contributed by atoms with Crippen LogP contribution in [0.4, 0.5) is 0 Å². The Hall–Kier alpha value is -0.850. The van der Waals surface area contributed by atoms with Gasteiger partial charge in [-0.3, -0.25) is 9.89 Å². The summed E-state index contributed by atoms with van der Waals surface area (Å²) in [5.41, 5.74) is 0. The number of likely N-dealkylation sites (N-methyl/N-ethyl adjacent to an activating group) is 1. The highest BCUT2D eigenvalue weighted by Crippen LogP contribution is 1.94. The van der Waals surface area contributed by atoms with E-state index in [1.807, 2.05) is 7.05 Å². The fourth-order valence-electron chi connectivity index (χ4n) is 2.28. The van der Waals surface area contributed by atoms with E-state index < -0.39 is 0 Å². The molecule has 0 saturated carbocycles. The maximum absolute atomic E-state index is 5.35. The van der Waals surface area contributed by atoms with Crippen LogP contribution in [-0.4, -0.2) is 88.9 Å². The Kier molecular flexibility index (Phi) is 10.2. The minimum absolute atomic E-state index is 0.858. The summed E-state index contributed by atoms with van der Waals surface area (Å²) in [4.78, 5) is 9.04.